The Balaban J connectivity index is 1.63. The molecule has 5 heteroatoms. The van der Waals surface area contributed by atoms with Crippen LogP contribution in [0.15, 0.2) is 36.4 Å². The summed E-state index contributed by atoms with van der Waals surface area (Å²) in [4.78, 5) is 38.7. The van der Waals surface area contributed by atoms with E-state index in [9.17, 15) is 14.4 Å². The predicted molar refractivity (Wildman–Crippen MR) is 89.7 cm³/mol. The zero-order valence-corrected chi connectivity index (χ0v) is 13.2. The quantitative estimate of drug-likeness (QED) is 0.883. The van der Waals surface area contributed by atoms with Gasteiger partial charge in [0.2, 0.25) is 5.91 Å². The second-order valence-corrected chi connectivity index (χ2v) is 6.45. The normalized spacial score (nSPS) is 17.6. The molecule has 1 saturated carbocycles. The molecule has 0 bridgehead atoms. The molecule has 2 aromatic carbocycles. The Morgan fingerprint density at radius 1 is 1.00 bits per heavy atom. The zero-order valence-electron chi connectivity index (χ0n) is 13.2. The third-order valence-corrected chi connectivity index (χ3v) is 4.88. The summed E-state index contributed by atoms with van der Waals surface area (Å²) in [5, 5.41) is 4.48. The lowest BCUT2D eigenvalue weighted by atomic mass is 9.94. The molecule has 0 unspecified atom stereocenters. The highest BCUT2D eigenvalue weighted by Gasteiger charge is 2.34. The first kappa shape index (κ1) is 14.9. The summed E-state index contributed by atoms with van der Waals surface area (Å²) in [6, 6.07) is 10.9. The lowest BCUT2D eigenvalue weighted by molar-refractivity contribution is -0.122. The molecule has 0 atom stereocenters. The summed E-state index contributed by atoms with van der Waals surface area (Å²) in [7, 11) is 0. The van der Waals surface area contributed by atoms with E-state index in [4.69, 9.17) is 0 Å². The van der Waals surface area contributed by atoms with Crippen LogP contribution in [0.2, 0.25) is 0 Å². The highest BCUT2D eigenvalue weighted by atomic mass is 16.2. The average molecular weight is 322 g/mol. The van der Waals surface area contributed by atoms with Crippen molar-refractivity contribution in [3.63, 3.8) is 0 Å². The van der Waals surface area contributed by atoms with Gasteiger partial charge in [-0.1, -0.05) is 37.1 Å². The number of rotatable bonds is 3. The molecule has 1 fully saturated rings. The smallest absolute Gasteiger partial charge is 0.261 e. The van der Waals surface area contributed by atoms with Crippen molar-refractivity contribution in [3.8, 4) is 0 Å². The predicted octanol–water partition coefficient (Wildman–Crippen LogP) is 2.49. The average Bonchev–Trinajstić information content (AvgIpc) is 3.09. The SMILES string of the molecule is O=C(CN1C(=O)c2cccc3cccc(c23)C1=O)NC1CCCC1. The lowest BCUT2D eigenvalue weighted by Gasteiger charge is -2.27. The first-order chi connectivity index (χ1) is 11.6. The fraction of sp³-hybridized carbons (Fsp3) is 0.316. The molecule has 1 aliphatic heterocycles. The Hall–Kier alpha value is -2.69. The number of hydrogen-bond acceptors (Lipinski definition) is 3. The molecular formula is C19H18N2O3. The molecule has 5 nitrogen and oxygen atoms in total. The molecule has 2 aromatic rings. The number of hydrogen-bond donors (Lipinski definition) is 1. The van der Waals surface area contributed by atoms with Crippen molar-refractivity contribution in [1.29, 1.82) is 0 Å². The van der Waals surface area contributed by atoms with Crippen molar-refractivity contribution in [1.82, 2.24) is 10.2 Å². The molecule has 1 heterocycles. The fourth-order valence-electron chi connectivity index (χ4n) is 3.71. The number of carbonyl (C=O) groups excluding carboxylic acids is 3. The number of nitrogens with zero attached hydrogens (tertiary/aromatic N) is 1. The fourth-order valence-corrected chi connectivity index (χ4v) is 3.71. The first-order valence-corrected chi connectivity index (χ1v) is 8.32. The van der Waals surface area contributed by atoms with Crippen LogP contribution in [0.4, 0.5) is 0 Å². The van der Waals surface area contributed by atoms with Crippen LogP contribution in [-0.4, -0.2) is 35.2 Å². The van der Waals surface area contributed by atoms with Crippen LogP contribution in [0.25, 0.3) is 10.8 Å². The minimum Gasteiger partial charge on any atom is -0.352 e. The van der Waals surface area contributed by atoms with Gasteiger partial charge in [0.1, 0.15) is 6.54 Å². The number of benzene rings is 2. The van der Waals surface area contributed by atoms with Gasteiger partial charge in [-0.15, -0.1) is 0 Å². The maximum Gasteiger partial charge on any atom is 0.261 e. The van der Waals surface area contributed by atoms with Crippen LogP contribution in [0.3, 0.4) is 0 Å². The molecule has 3 amide bonds. The van der Waals surface area contributed by atoms with Crippen molar-refractivity contribution < 1.29 is 14.4 Å². The van der Waals surface area contributed by atoms with E-state index in [-0.39, 0.29) is 18.5 Å². The van der Waals surface area contributed by atoms with Crippen LogP contribution in [0, 0.1) is 0 Å². The lowest BCUT2D eigenvalue weighted by Crippen LogP contribution is -2.47. The molecule has 122 valence electrons. The van der Waals surface area contributed by atoms with Crippen LogP contribution < -0.4 is 5.32 Å². The third kappa shape index (κ3) is 2.37. The van der Waals surface area contributed by atoms with Gasteiger partial charge in [0.05, 0.1) is 0 Å². The minimum absolute atomic E-state index is 0.170. The highest BCUT2D eigenvalue weighted by Crippen LogP contribution is 2.29. The molecule has 1 N–H and O–H groups in total. The number of imide groups is 1. The maximum atomic E-state index is 12.7. The molecule has 1 aliphatic carbocycles. The Labute approximate surface area is 139 Å². The van der Waals surface area contributed by atoms with E-state index in [0.29, 0.717) is 16.5 Å². The van der Waals surface area contributed by atoms with Crippen LogP contribution in [-0.2, 0) is 4.79 Å². The van der Waals surface area contributed by atoms with Gasteiger partial charge in [-0.2, -0.15) is 0 Å². The monoisotopic (exact) mass is 322 g/mol. The molecule has 2 aliphatic rings. The van der Waals surface area contributed by atoms with Crippen LogP contribution >= 0.6 is 0 Å². The van der Waals surface area contributed by atoms with Crippen LogP contribution in [0.1, 0.15) is 46.4 Å². The van der Waals surface area contributed by atoms with Gasteiger partial charge in [0.15, 0.2) is 0 Å². The topological polar surface area (TPSA) is 66.5 Å². The Bertz CT molecular complexity index is 802. The van der Waals surface area contributed by atoms with Gasteiger partial charge in [-0.05, 0) is 30.4 Å². The molecule has 24 heavy (non-hydrogen) atoms. The van der Waals surface area contributed by atoms with E-state index in [0.717, 1.165) is 36.0 Å². The molecule has 0 saturated heterocycles. The zero-order chi connectivity index (χ0) is 16.7. The van der Waals surface area contributed by atoms with Crippen molar-refractivity contribution in [2.75, 3.05) is 6.54 Å². The highest BCUT2D eigenvalue weighted by molar-refractivity contribution is 6.26. The van der Waals surface area contributed by atoms with E-state index in [2.05, 4.69) is 5.32 Å². The van der Waals surface area contributed by atoms with Gasteiger partial charge in [-0.25, -0.2) is 0 Å². The molecule has 0 spiro atoms. The summed E-state index contributed by atoms with van der Waals surface area (Å²) in [5.74, 6) is -1.06. The first-order valence-electron chi connectivity index (χ1n) is 8.32. The summed E-state index contributed by atoms with van der Waals surface area (Å²) < 4.78 is 0. The van der Waals surface area contributed by atoms with Gasteiger partial charge >= 0.3 is 0 Å². The summed E-state index contributed by atoms with van der Waals surface area (Å²) in [5.41, 5.74) is 0.965. The van der Waals surface area contributed by atoms with Gasteiger partial charge in [0.25, 0.3) is 11.8 Å². The van der Waals surface area contributed by atoms with Gasteiger partial charge in [-0.3, -0.25) is 19.3 Å². The second-order valence-electron chi connectivity index (χ2n) is 6.45. The number of nitrogens with one attached hydrogen (secondary N) is 1. The standard InChI is InChI=1S/C19H18N2O3/c22-16(20-13-7-1-2-8-13)11-21-18(23)14-9-3-5-12-6-4-10-15(17(12)14)19(21)24/h3-6,9-10,13H,1-2,7-8,11H2,(H,20,22). The second kappa shape index (κ2) is 5.74. The summed E-state index contributed by atoms with van der Waals surface area (Å²) in [6.45, 7) is -0.223. The molecule has 0 aromatic heterocycles. The summed E-state index contributed by atoms with van der Waals surface area (Å²) >= 11 is 0. The van der Waals surface area contributed by atoms with Crippen molar-refractivity contribution in [2.45, 2.75) is 31.7 Å². The van der Waals surface area contributed by atoms with Crippen molar-refractivity contribution in [3.05, 3.63) is 47.5 Å². The maximum absolute atomic E-state index is 12.7. The Morgan fingerprint density at radius 3 is 2.17 bits per heavy atom. The van der Waals surface area contributed by atoms with Gasteiger partial charge < -0.3 is 5.32 Å². The van der Waals surface area contributed by atoms with Gasteiger partial charge in [0, 0.05) is 22.6 Å². The van der Waals surface area contributed by atoms with Crippen LogP contribution in [0.5, 0.6) is 0 Å². The minimum atomic E-state index is -0.397. The Morgan fingerprint density at radius 2 is 1.58 bits per heavy atom. The number of amides is 3. The molecular weight excluding hydrogens is 304 g/mol. The van der Waals surface area contributed by atoms with E-state index in [1.54, 1.807) is 24.3 Å². The Kier molecular flexibility index (Phi) is 3.56. The van der Waals surface area contributed by atoms with E-state index in [1.807, 2.05) is 12.1 Å². The van der Waals surface area contributed by atoms with Crippen molar-refractivity contribution in [2.24, 2.45) is 0 Å². The number of carbonyl (C=O) groups is 3. The van der Waals surface area contributed by atoms with E-state index < -0.39 is 11.8 Å². The third-order valence-electron chi connectivity index (χ3n) is 4.88. The van der Waals surface area contributed by atoms with E-state index >= 15 is 0 Å². The van der Waals surface area contributed by atoms with Crippen molar-refractivity contribution >= 4 is 28.5 Å². The summed E-state index contributed by atoms with van der Waals surface area (Å²) in [6.07, 6.45) is 4.16. The molecule has 0 radical (unpaired) electrons. The van der Waals surface area contributed by atoms with E-state index in [1.165, 1.54) is 0 Å². The molecule has 4 rings (SSSR count). The largest absolute Gasteiger partial charge is 0.352 e.